The summed E-state index contributed by atoms with van der Waals surface area (Å²) >= 11 is 1.66. The predicted molar refractivity (Wildman–Crippen MR) is 118 cm³/mol. The van der Waals surface area contributed by atoms with E-state index in [9.17, 15) is 14.7 Å². The van der Waals surface area contributed by atoms with Crippen molar-refractivity contribution in [1.29, 1.82) is 0 Å². The molecule has 1 aromatic rings. The van der Waals surface area contributed by atoms with Gasteiger partial charge in [0.15, 0.2) is 0 Å². The maximum absolute atomic E-state index is 13.0. The van der Waals surface area contributed by atoms with Gasteiger partial charge in [-0.1, -0.05) is 30.3 Å². The molecule has 1 saturated heterocycles. The Labute approximate surface area is 178 Å². The van der Waals surface area contributed by atoms with Gasteiger partial charge >= 0.3 is 6.03 Å². The van der Waals surface area contributed by atoms with Crippen molar-refractivity contribution in [1.82, 2.24) is 20.0 Å². The molecule has 0 spiro atoms. The zero-order valence-corrected chi connectivity index (χ0v) is 18.4. The van der Waals surface area contributed by atoms with Gasteiger partial charge in [0, 0.05) is 39.3 Å². The van der Waals surface area contributed by atoms with E-state index in [-0.39, 0.29) is 25.1 Å². The van der Waals surface area contributed by atoms with E-state index >= 15 is 0 Å². The molecule has 162 valence electrons. The molecule has 0 unspecified atom stereocenters. The summed E-state index contributed by atoms with van der Waals surface area (Å²) in [6.45, 7) is 3.71. The zero-order valence-electron chi connectivity index (χ0n) is 17.5. The Bertz CT molecular complexity index is 624. The van der Waals surface area contributed by atoms with E-state index in [4.69, 9.17) is 0 Å². The first-order chi connectivity index (χ1) is 14.0. The number of nitrogens with zero attached hydrogens (tertiary/aromatic N) is 3. The van der Waals surface area contributed by atoms with Crippen LogP contribution in [0.5, 0.6) is 0 Å². The SMILES string of the molecule is CSCC[C@H](NC(=O)N(CCO)CCc1ccccc1)C(=O)N1CCN(C)CC1. The van der Waals surface area contributed by atoms with Crippen LogP contribution >= 0.6 is 11.8 Å². The molecule has 8 heteroatoms. The highest BCUT2D eigenvalue weighted by atomic mass is 32.2. The van der Waals surface area contributed by atoms with Crippen LogP contribution in [0.25, 0.3) is 0 Å². The number of hydrogen-bond donors (Lipinski definition) is 2. The summed E-state index contributed by atoms with van der Waals surface area (Å²) in [6.07, 6.45) is 3.30. The summed E-state index contributed by atoms with van der Waals surface area (Å²) in [7, 11) is 2.05. The highest BCUT2D eigenvalue weighted by Gasteiger charge is 2.28. The van der Waals surface area contributed by atoms with Gasteiger partial charge in [0.1, 0.15) is 6.04 Å². The maximum Gasteiger partial charge on any atom is 0.318 e. The fraction of sp³-hybridized carbons (Fsp3) is 0.619. The van der Waals surface area contributed by atoms with Crippen LogP contribution in [0, 0.1) is 0 Å². The van der Waals surface area contributed by atoms with Crippen molar-refractivity contribution < 1.29 is 14.7 Å². The molecule has 2 N–H and O–H groups in total. The Balaban J connectivity index is 1.98. The van der Waals surface area contributed by atoms with Gasteiger partial charge < -0.3 is 25.1 Å². The molecule has 29 heavy (non-hydrogen) atoms. The van der Waals surface area contributed by atoms with E-state index in [2.05, 4.69) is 10.2 Å². The number of thioether (sulfide) groups is 1. The van der Waals surface area contributed by atoms with Crippen LogP contribution < -0.4 is 5.32 Å². The van der Waals surface area contributed by atoms with Crippen molar-refractivity contribution in [2.45, 2.75) is 18.9 Å². The van der Waals surface area contributed by atoms with Crippen molar-refractivity contribution in [2.24, 2.45) is 0 Å². The van der Waals surface area contributed by atoms with Gasteiger partial charge in [0.05, 0.1) is 6.61 Å². The van der Waals surface area contributed by atoms with Crippen molar-refractivity contribution in [3.05, 3.63) is 35.9 Å². The van der Waals surface area contributed by atoms with Crippen LogP contribution in [0.2, 0.25) is 0 Å². The number of aliphatic hydroxyl groups is 1. The van der Waals surface area contributed by atoms with Gasteiger partial charge in [-0.3, -0.25) is 4.79 Å². The number of carbonyl (C=O) groups is 2. The number of aliphatic hydroxyl groups excluding tert-OH is 1. The van der Waals surface area contributed by atoms with E-state index < -0.39 is 6.04 Å². The van der Waals surface area contributed by atoms with Crippen LogP contribution in [-0.2, 0) is 11.2 Å². The molecule has 1 aromatic carbocycles. The average Bonchev–Trinajstić information content (AvgIpc) is 2.74. The quantitative estimate of drug-likeness (QED) is 0.591. The lowest BCUT2D eigenvalue weighted by atomic mass is 10.1. The molecule has 1 aliphatic rings. The summed E-state index contributed by atoms with van der Waals surface area (Å²) in [5, 5.41) is 12.3. The predicted octanol–water partition coefficient (Wildman–Crippen LogP) is 1.13. The van der Waals surface area contributed by atoms with Crippen molar-refractivity contribution in [3.8, 4) is 0 Å². The van der Waals surface area contributed by atoms with Gasteiger partial charge in [-0.15, -0.1) is 0 Å². The summed E-state index contributed by atoms with van der Waals surface area (Å²) in [5.41, 5.74) is 1.13. The smallest absolute Gasteiger partial charge is 0.318 e. The number of benzene rings is 1. The Kier molecular flexibility index (Phi) is 10.3. The second-order valence-electron chi connectivity index (χ2n) is 7.36. The minimum atomic E-state index is -0.531. The Morgan fingerprint density at radius 1 is 1.17 bits per heavy atom. The number of piperazine rings is 1. The van der Waals surface area contributed by atoms with Crippen LogP contribution in [0.1, 0.15) is 12.0 Å². The molecule has 0 radical (unpaired) electrons. The number of amides is 3. The van der Waals surface area contributed by atoms with E-state index in [0.717, 1.165) is 24.4 Å². The zero-order chi connectivity index (χ0) is 21.1. The first kappa shape index (κ1) is 23.5. The van der Waals surface area contributed by atoms with E-state index in [1.807, 2.05) is 48.5 Å². The summed E-state index contributed by atoms with van der Waals surface area (Å²) in [4.78, 5) is 31.6. The lowest BCUT2D eigenvalue weighted by Gasteiger charge is -2.35. The molecule has 0 saturated carbocycles. The normalized spacial score (nSPS) is 15.8. The Morgan fingerprint density at radius 2 is 1.86 bits per heavy atom. The standard InChI is InChI=1S/C21H34N4O3S/c1-23-11-13-24(14-12-23)20(27)19(9-17-29-2)22-21(28)25(15-16-26)10-8-18-6-4-3-5-7-18/h3-7,19,26H,8-17H2,1-2H3,(H,22,28)/t19-/m0/s1. The second kappa shape index (κ2) is 12.7. The van der Waals surface area contributed by atoms with Crippen LogP contribution in [-0.4, -0.2) is 103 Å². The number of carbonyl (C=O) groups excluding carboxylic acids is 2. The molecule has 1 fully saturated rings. The fourth-order valence-corrected chi connectivity index (χ4v) is 3.80. The van der Waals surface area contributed by atoms with E-state index in [1.165, 1.54) is 0 Å². The molecule has 0 aliphatic carbocycles. The summed E-state index contributed by atoms with van der Waals surface area (Å²) < 4.78 is 0. The third-order valence-corrected chi connectivity index (χ3v) is 5.84. The highest BCUT2D eigenvalue weighted by Crippen LogP contribution is 2.09. The molecule has 1 heterocycles. The Morgan fingerprint density at radius 3 is 2.48 bits per heavy atom. The molecular weight excluding hydrogens is 388 g/mol. The lowest BCUT2D eigenvalue weighted by molar-refractivity contribution is -0.134. The highest BCUT2D eigenvalue weighted by molar-refractivity contribution is 7.98. The van der Waals surface area contributed by atoms with Crippen molar-refractivity contribution in [2.75, 3.05) is 64.9 Å². The molecule has 0 aromatic heterocycles. The monoisotopic (exact) mass is 422 g/mol. The van der Waals surface area contributed by atoms with Gasteiger partial charge in [0.25, 0.3) is 0 Å². The number of rotatable bonds is 10. The van der Waals surface area contributed by atoms with Crippen LogP contribution in [0.4, 0.5) is 4.79 Å². The molecule has 0 bridgehead atoms. The fourth-order valence-electron chi connectivity index (χ4n) is 3.32. The molecule has 1 aliphatic heterocycles. The van der Waals surface area contributed by atoms with Gasteiger partial charge in [-0.25, -0.2) is 4.79 Å². The molecule has 1 atom stereocenters. The van der Waals surface area contributed by atoms with Crippen LogP contribution in [0.3, 0.4) is 0 Å². The Hall–Kier alpha value is -1.77. The maximum atomic E-state index is 13.0. The van der Waals surface area contributed by atoms with Gasteiger partial charge in [0.2, 0.25) is 5.91 Å². The number of likely N-dealkylation sites (N-methyl/N-ethyl adjacent to an activating group) is 1. The third kappa shape index (κ3) is 7.87. The third-order valence-electron chi connectivity index (χ3n) is 5.19. The minimum absolute atomic E-state index is 0.00694. The molecule has 3 amide bonds. The minimum Gasteiger partial charge on any atom is -0.395 e. The summed E-state index contributed by atoms with van der Waals surface area (Å²) in [6, 6.07) is 9.13. The molecule has 2 rings (SSSR count). The van der Waals surface area contributed by atoms with E-state index in [0.29, 0.717) is 32.5 Å². The molecular formula is C21H34N4O3S. The van der Waals surface area contributed by atoms with E-state index in [1.54, 1.807) is 16.7 Å². The number of urea groups is 1. The topological polar surface area (TPSA) is 76.1 Å². The average molecular weight is 423 g/mol. The van der Waals surface area contributed by atoms with Crippen molar-refractivity contribution in [3.63, 3.8) is 0 Å². The largest absolute Gasteiger partial charge is 0.395 e. The first-order valence-electron chi connectivity index (χ1n) is 10.2. The molecule has 7 nitrogen and oxygen atoms in total. The van der Waals surface area contributed by atoms with Gasteiger partial charge in [-0.05, 0) is 37.5 Å². The number of hydrogen-bond acceptors (Lipinski definition) is 5. The second-order valence-corrected chi connectivity index (χ2v) is 8.34. The van der Waals surface area contributed by atoms with Gasteiger partial charge in [-0.2, -0.15) is 11.8 Å². The lowest BCUT2D eigenvalue weighted by Crippen LogP contribution is -2.56. The summed E-state index contributed by atoms with van der Waals surface area (Å²) in [5.74, 6) is 0.793. The first-order valence-corrected chi connectivity index (χ1v) is 11.6. The number of nitrogens with one attached hydrogen (secondary N) is 1. The van der Waals surface area contributed by atoms with Crippen molar-refractivity contribution >= 4 is 23.7 Å². The van der Waals surface area contributed by atoms with Crippen LogP contribution in [0.15, 0.2) is 30.3 Å².